The van der Waals surface area contributed by atoms with Crippen molar-refractivity contribution in [3.8, 4) is 0 Å². The molecule has 1 saturated carbocycles. The van der Waals surface area contributed by atoms with Crippen molar-refractivity contribution in [2.45, 2.75) is 39.5 Å². The lowest BCUT2D eigenvalue weighted by Gasteiger charge is -2.48. The second-order valence-corrected chi connectivity index (χ2v) is 5.25. The summed E-state index contributed by atoms with van der Waals surface area (Å²) in [6, 6.07) is 0. The van der Waals surface area contributed by atoms with Gasteiger partial charge in [0, 0.05) is 11.8 Å². The third-order valence-electron chi connectivity index (χ3n) is 4.67. The molecule has 1 fully saturated rings. The van der Waals surface area contributed by atoms with Crippen LogP contribution in [0.2, 0.25) is 0 Å². The van der Waals surface area contributed by atoms with Crippen molar-refractivity contribution in [3.63, 3.8) is 0 Å². The smallest absolute Gasteiger partial charge is 0.155 e. The average molecular weight is 208 g/mol. The van der Waals surface area contributed by atoms with Gasteiger partial charge in [-0.2, -0.15) is 0 Å². The maximum absolute atomic E-state index is 11.4. The van der Waals surface area contributed by atoms with E-state index in [1.54, 1.807) is 0 Å². The summed E-state index contributed by atoms with van der Waals surface area (Å²) in [4.78, 5) is 11.4. The molecule has 3 unspecified atom stereocenters. The normalized spacial score (nSPS) is 41.0. The summed E-state index contributed by atoms with van der Waals surface area (Å²) >= 11 is 0. The first-order valence-corrected chi connectivity index (χ1v) is 5.95. The van der Waals surface area contributed by atoms with Crippen LogP contribution >= 0.6 is 0 Å². The fourth-order valence-corrected chi connectivity index (χ4v) is 3.26. The summed E-state index contributed by atoms with van der Waals surface area (Å²) in [5.41, 5.74) is 1.14. The minimum atomic E-state index is -0.0778. The molecule has 0 aromatic rings. The first-order valence-electron chi connectivity index (χ1n) is 5.95. The molecule has 3 atom stereocenters. The van der Waals surface area contributed by atoms with Gasteiger partial charge in [-0.25, -0.2) is 0 Å². The van der Waals surface area contributed by atoms with Crippen molar-refractivity contribution in [1.82, 2.24) is 0 Å². The summed E-state index contributed by atoms with van der Waals surface area (Å²) in [5, 5.41) is 9.70. The highest BCUT2D eigenvalue weighted by Gasteiger charge is 2.46. The standard InChI is InChI=1S/C13H20O2/c1-9-3-4-11-7-12(15)5-6-13(11,8-14)10(9)2/h7,9-10,14H,3-6,8H2,1-2H3. The lowest BCUT2D eigenvalue weighted by molar-refractivity contribution is -0.116. The summed E-state index contributed by atoms with van der Waals surface area (Å²) in [7, 11) is 0. The van der Waals surface area contributed by atoms with E-state index in [1.165, 1.54) is 5.57 Å². The van der Waals surface area contributed by atoms with E-state index in [0.717, 1.165) is 19.3 Å². The molecule has 0 aromatic heterocycles. The molecule has 2 nitrogen and oxygen atoms in total. The Morgan fingerprint density at radius 2 is 2.20 bits per heavy atom. The van der Waals surface area contributed by atoms with Crippen LogP contribution in [-0.4, -0.2) is 17.5 Å². The largest absolute Gasteiger partial charge is 0.395 e. The quantitative estimate of drug-likeness (QED) is 0.718. The van der Waals surface area contributed by atoms with Crippen LogP contribution in [0.25, 0.3) is 0 Å². The molecule has 2 aliphatic rings. The molecule has 2 heteroatoms. The molecule has 0 bridgehead atoms. The number of hydrogen-bond acceptors (Lipinski definition) is 2. The predicted molar refractivity (Wildman–Crippen MR) is 59.4 cm³/mol. The van der Waals surface area contributed by atoms with Crippen molar-refractivity contribution < 1.29 is 9.90 Å². The Morgan fingerprint density at radius 3 is 2.87 bits per heavy atom. The minimum Gasteiger partial charge on any atom is -0.395 e. The average Bonchev–Trinajstić information content (AvgIpc) is 2.24. The molecule has 0 saturated heterocycles. The van der Waals surface area contributed by atoms with Gasteiger partial charge in [0.1, 0.15) is 0 Å². The molecule has 15 heavy (non-hydrogen) atoms. The second kappa shape index (κ2) is 3.75. The molecule has 0 amide bonds. The van der Waals surface area contributed by atoms with Crippen molar-refractivity contribution in [1.29, 1.82) is 0 Å². The Kier molecular flexibility index (Phi) is 2.72. The molecule has 0 spiro atoms. The number of aliphatic hydroxyl groups excluding tert-OH is 1. The Hall–Kier alpha value is -0.630. The zero-order valence-corrected chi connectivity index (χ0v) is 9.62. The number of rotatable bonds is 1. The minimum absolute atomic E-state index is 0.0778. The summed E-state index contributed by atoms with van der Waals surface area (Å²) in [6.07, 6.45) is 5.42. The van der Waals surface area contributed by atoms with E-state index in [9.17, 15) is 9.90 Å². The molecule has 2 aliphatic carbocycles. The highest BCUT2D eigenvalue weighted by Crippen LogP contribution is 2.52. The van der Waals surface area contributed by atoms with Gasteiger partial charge in [0.15, 0.2) is 5.78 Å². The van der Waals surface area contributed by atoms with Crippen molar-refractivity contribution in [2.24, 2.45) is 17.3 Å². The van der Waals surface area contributed by atoms with Crippen molar-refractivity contribution in [3.05, 3.63) is 11.6 Å². The van der Waals surface area contributed by atoms with Crippen LogP contribution in [-0.2, 0) is 4.79 Å². The van der Waals surface area contributed by atoms with Gasteiger partial charge < -0.3 is 5.11 Å². The van der Waals surface area contributed by atoms with Gasteiger partial charge in [0.2, 0.25) is 0 Å². The summed E-state index contributed by atoms with van der Waals surface area (Å²) in [6.45, 7) is 4.69. The van der Waals surface area contributed by atoms with E-state index in [-0.39, 0.29) is 17.8 Å². The fourth-order valence-electron chi connectivity index (χ4n) is 3.26. The Bertz CT molecular complexity index is 306. The van der Waals surface area contributed by atoms with E-state index < -0.39 is 0 Å². The number of hydrogen-bond donors (Lipinski definition) is 1. The van der Waals surface area contributed by atoms with Gasteiger partial charge in [-0.15, -0.1) is 0 Å². The van der Waals surface area contributed by atoms with Gasteiger partial charge in [-0.1, -0.05) is 19.4 Å². The van der Waals surface area contributed by atoms with Crippen LogP contribution in [0.3, 0.4) is 0 Å². The van der Waals surface area contributed by atoms with E-state index in [0.29, 0.717) is 18.3 Å². The Balaban J connectivity index is 2.38. The van der Waals surface area contributed by atoms with Crippen LogP contribution in [0, 0.1) is 17.3 Å². The van der Waals surface area contributed by atoms with Crippen LogP contribution < -0.4 is 0 Å². The van der Waals surface area contributed by atoms with Gasteiger partial charge in [-0.3, -0.25) is 4.79 Å². The van der Waals surface area contributed by atoms with Crippen LogP contribution in [0.15, 0.2) is 11.6 Å². The number of carbonyl (C=O) groups excluding carboxylic acids is 1. The number of carbonyl (C=O) groups is 1. The molecular weight excluding hydrogens is 188 g/mol. The van der Waals surface area contributed by atoms with E-state index >= 15 is 0 Å². The van der Waals surface area contributed by atoms with Gasteiger partial charge >= 0.3 is 0 Å². The SMILES string of the molecule is CC1CCC2=CC(=O)CCC2(CO)C1C. The molecule has 84 valence electrons. The van der Waals surface area contributed by atoms with Crippen molar-refractivity contribution >= 4 is 5.78 Å². The topological polar surface area (TPSA) is 37.3 Å². The maximum atomic E-state index is 11.4. The highest BCUT2D eigenvalue weighted by atomic mass is 16.3. The molecule has 2 rings (SSSR count). The predicted octanol–water partition coefficient (Wildman–Crippen LogP) is 2.32. The summed E-state index contributed by atoms with van der Waals surface area (Å²) < 4.78 is 0. The zero-order chi connectivity index (χ0) is 11.1. The fraction of sp³-hybridized carbons (Fsp3) is 0.769. The Labute approximate surface area is 91.4 Å². The third-order valence-corrected chi connectivity index (χ3v) is 4.67. The molecule has 1 N–H and O–H groups in total. The van der Waals surface area contributed by atoms with E-state index in [4.69, 9.17) is 0 Å². The van der Waals surface area contributed by atoms with Crippen molar-refractivity contribution in [2.75, 3.05) is 6.61 Å². The lowest BCUT2D eigenvalue weighted by Crippen LogP contribution is -2.43. The number of ketones is 1. The number of aliphatic hydroxyl groups is 1. The monoisotopic (exact) mass is 208 g/mol. The zero-order valence-electron chi connectivity index (χ0n) is 9.62. The Morgan fingerprint density at radius 1 is 1.47 bits per heavy atom. The van der Waals surface area contributed by atoms with Gasteiger partial charge in [0.05, 0.1) is 6.61 Å². The van der Waals surface area contributed by atoms with Crippen LogP contribution in [0.4, 0.5) is 0 Å². The van der Waals surface area contributed by atoms with E-state index in [1.807, 2.05) is 6.08 Å². The van der Waals surface area contributed by atoms with Crippen LogP contribution in [0.5, 0.6) is 0 Å². The maximum Gasteiger partial charge on any atom is 0.155 e. The third kappa shape index (κ3) is 1.55. The first-order chi connectivity index (χ1) is 7.10. The number of allylic oxidation sites excluding steroid dienone is 1. The molecule has 0 aliphatic heterocycles. The van der Waals surface area contributed by atoms with Gasteiger partial charge in [-0.05, 0) is 37.2 Å². The van der Waals surface area contributed by atoms with Gasteiger partial charge in [0.25, 0.3) is 0 Å². The lowest BCUT2D eigenvalue weighted by atomic mass is 9.57. The first kappa shape index (κ1) is 10.9. The second-order valence-electron chi connectivity index (χ2n) is 5.25. The molecule has 0 heterocycles. The molecule has 0 aromatic carbocycles. The summed E-state index contributed by atoms with van der Waals surface area (Å²) in [5.74, 6) is 1.40. The number of fused-ring (bicyclic) bond motifs is 1. The van der Waals surface area contributed by atoms with E-state index in [2.05, 4.69) is 13.8 Å². The highest BCUT2D eigenvalue weighted by molar-refractivity contribution is 5.91. The van der Waals surface area contributed by atoms with Crippen LogP contribution in [0.1, 0.15) is 39.5 Å². The molecular formula is C13H20O2. The molecule has 0 radical (unpaired) electrons.